The fraction of sp³-hybridized carbons (Fsp3) is 0.579. The second kappa shape index (κ2) is 8.80. The number of hydrogen-bond acceptors (Lipinski definition) is 4. The molecule has 7 nitrogen and oxygen atoms in total. The zero-order valence-corrected chi connectivity index (χ0v) is 16.1. The van der Waals surface area contributed by atoms with Gasteiger partial charge in [0, 0.05) is 24.7 Å². The number of piperidine rings is 1. The minimum atomic E-state index is -0.873. The first-order valence-electron chi connectivity index (χ1n) is 9.25. The van der Waals surface area contributed by atoms with Crippen molar-refractivity contribution in [3.05, 3.63) is 23.2 Å². The molecule has 3 atom stereocenters. The molecule has 0 aromatic heterocycles. The molecule has 2 aliphatic heterocycles. The molecule has 2 fully saturated rings. The summed E-state index contributed by atoms with van der Waals surface area (Å²) in [6.07, 6.45) is 2.61. The number of urea groups is 1. The van der Waals surface area contributed by atoms with E-state index in [1.807, 2.05) is 6.92 Å². The number of carboxylic acids is 1. The lowest BCUT2D eigenvalue weighted by atomic mass is 9.91. The summed E-state index contributed by atoms with van der Waals surface area (Å²) < 4.78 is 11.4. The zero-order valence-electron chi connectivity index (χ0n) is 15.3. The molecule has 0 aliphatic carbocycles. The third-order valence-corrected chi connectivity index (χ3v) is 5.16. The van der Waals surface area contributed by atoms with Crippen molar-refractivity contribution >= 4 is 29.3 Å². The van der Waals surface area contributed by atoms with Crippen LogP contribution in [0.15, 0.2) is 18.2 Å². The summed E-state index contributed by atoms with van der Waals surface area (Å²) in [6.45, 7) is 3.81. The second-order valence-electron chi connectivity index (χ2n) is 7.30. The summed E-state index contributed by atoms with van der Waals surface area (Å²) in [5, 5.41) is 12.6. The Morgan fingerprint density at radius 1 is 1.41 bits per heavy atom. The summed E-state index contributed by atoms with van der Waals surface area (Å²) in [5.41, 5.74) is 0.468. The van der Waals surface area contributed by atoms with Gasteiger partial charge in [0.2, 0.25) is 0 Å². The van der Waals surface area contributed by atoms with Crippen LogP contribution >= 0.6 is 11.6 Å². The fourth-order valence-electron chi connectivity index (χ4n) is 3.57. The van der Waals surface area contributed by atoms with Gasteiger partial charge >= 0.3 is 12.0 Å². The number of hydrogen-bond donors (Lipinski definition) is 2. The third kappa shape index (κ3) is 5.26. The number of carbonyl (C=O) groups excluding carboxylic acids is 1. The number of aliphatic carboxylic acids is 1. The van der Waals surface area contributed by atoms with Gasteiger partial charge < -0.3 is 24.8 Å². The molecular weight excluding hydrogens is 372 g/mol. The van der Waals surface area contributed by atoms with Crippen LogP contribution in [-0.2, 0) is 9.53 Å². The molecule has 1 aromatic rings. The first-order valence-corrected chi connectivity index (χ1v) is 9.63. The minimum absolute atomic E-state index is 0.0588. The average Bonchev–Trinajstić information content (AvgIpc) is 3.14. The van der Waals surface area contributed by atoms with Crippen LogP contribution in [0.3, 0.4) is 0 Å². The van der Waals surface area contributed by atoms with E-state index in [4.69, 9.17) is 21.1 Å². The Hall–Kier alpha value is -1.99. The molecule has 0 saturated carbocycles. The molecule has 1 aromatic carbocycles. The van der Waals surface area contributed by atoms with Gasteiger partial charge in [0.15, 0.2) is 0 Å². The number of halogens is 1. The average molecular weight is 397 g/mol. The molecule has 3 rings (SSSR count). The lowest BCUT2D eigenvalue weighted by molar-refractivity contribution is -0.143. The van der Waals surface area contributed by atoms with E-state index in [2.05, 4.69) is 5.32 Å². The Balaban J connectivity index is 1.67. The molecule has 8 heteroatoms. The highest BCUT2D eigenvalue weighted by Gasteiger charge is 2.32. The van der Waals surface area contributed by atoms with Crippen LogP contribution in [0.4, 0.5) is 10.5 Å². The quantitative estimate of drug-likeness (QED) is 0.795. The molecule has 0 radical (unpaired) electrons. The topological polar surface area (TPSA) is 88.1 Å². The zero-order chi connectivity index (χ0) is 19.4. The molecule has 27 heavy (non-hydrogen) atoms. The molecular formula is C19H25ClN2O5. The summed E-state index contributed by atoms with van der Waals surface area (Å²) in [7, 11) is 0. The standard InChI is InChI=1S/C19H25ClN2O5/c1-12-7-13(18(23)24)10-22(9-12)19(25)21-16-8-14(20)4-5-17(16)27-11-15-3-2-6-26-15/h4-5,8,12-13,15H,2-3,6-7,9-11H2,1H3,(H,21,25)(H,23,24). The van der Waals surface area contributed by atoms with Gasteiger partial charge in [-0.05, 0) is 43.4 Å². The largest absolute Gasteiger partial charge is 0.489 e. The van der Waals surface area contributed by atoms with Crippen molar-refractivity contribution in [2.45, 2.75) is 32.3 Å². The highest BCUT2D eigenvalue weighted by atomic mass is 35.5. The van der Waals surface area contributed by atoms with E-state index >= 15 is 0 Å². The van der Waals surface area contributed by atoms with Crippen molar-refractivity contribution < 1.29 is 24.2 Å². The lowest BCUT2D eigenvalue weighted by Crippen LogP contribution is -2.47. The third-order valence-electron chi connectivity index (χ3n) is 4.93. The number of nitrogens with zero attached hydrogens (tertiary/aromatic N) is 1. The van der Waals surface area contributed by atoms with Gasteiger partial charge in [-0.2, -0.15) is 0 Å². The van der Waals surface area contributed by atoms with E-state index in [0.29, 0.717) is 36.0 Å². The molecule has 3 unspecified atom stereocenters. The van der Waals surface area contributed by atoms with Crippen LogP contribution in [0.25, 0.3) is 0 Å². The summed E-state index contributed by atoms with van der Waals surface area (Å²) in [5.74, 6) is -0.778. The van der Waals surface area contributed by atoms with Crippen LogP contribution in [0, 0.1) is 11.8 Å². The van der Waals surface area contributed by atoms with E-state index in [0.717, 1.165) is 19.4 Å². The van der Waals surface area contributed by atoms with Crippen LogP contribution < -0.4 is 10.1 Å². The fourth-order valence-corrected chi connectivity index (χ4v) is 3.75. The first-order chi connectivity index (χ1) is 12.9. The van der Waals surface area contributed by atoms with Crippen LogP contribution in [0.1, 0.15) is 26.2 Å². The van der Waals surface area contributed by atoms with E-state index < -0.39 is 11.9 Å². The lowest BCUT2D eigenvalue weighted by Gasteiger charge is -2.34. The van der Waals surface area contributed by atoms with Gasteiger partial charge in [-0.25, -0.2) is 4.79 Å². The van der Waals surface area contributed by atoms with Gasteiger partial charge in [-0.15, -0.1) is 0 Å². The molecule has 2 N–H and O–H groups in total. The predicted molar refractivity (Wildman–Crippen MR) is 101 cm³/mol. The number of benzene rings is 1. The molecule has 2 aliphatic rings. The maximum atomic E-state index is 12.7. The van der Waals surface area contributed by atoms with Crippen molar-refractivity contribution in [2.75, 3.05) is 31.6 Å². The predicted octanol–water partition coefficient (Wildman–Crippen LogP) is 3.47. The van der Waals surface area contributed by atoms with Crippen molar-refractivity contribution in [2.24, 2.45) is 11.8 Å². The van der Waals surface area contributed by atoms with E-state index in [9.17, 15) is 14.7 Å². The SMILES string of the molecule is CC1CC(C(=O)O)CN(C(=O)Nc2cc(Cl)ccc2OCC2CCCO2)C1. The van der Waals surface area contributed by atoms with Crippen LogP contribution in [0.2, 0.25) is 5.02 Å². The number of likely N-dealkylation sites (tertiary alicyclic amines) is 1. The Morgan fingerprint density at radius 2 is 2.22 bits per heavy atom. The smallest absolute Gasteiger partial charge is 0.321 e. The van der Waals surface area contributed by atoms with Crippen molar-refractivity contribution in [1.29, 1.82) is 0 Å². The molecule has 2 saturated heterocycles. The molecule has 2 amide bonds. The number of amides is 2. The summed E-state index contributed by atoms with van der Waals surface area (Å²) in [6, 6.07) is 4.70. The number of carboxylic acid groups (broad SMARTS) is 1. The van der Waals surface area contributed by atoms with E-state index in [-0.39, 0.29) is 24.6 Å². The Bertz CT molecular complexity index is 693. The Morgan fingerprint density at radius 3 is 2.93 bits per heavy atom. The maximum absolute atomic E-state index is 12.7. The molecule has 2 heterocycles. The minimum Gasteiger partial charge on any atom is -0.489 e. The van der Waals surface area contributed by atoms with Crippen LogP contribution in [0.5, 0.6) is 5.75 Å². The van der Waals surface area contributed by atoms with E-state index in [1.165, 1.54) is 4.90 Å². The Kier molecular flexibility index (Phi) is 6.44. The number of nitrogens with one attached hydrogen (secondary N) is 1. The van der Waals surface area contributed by atoms with E-state index in [1.54, 1.807) is 18.2 Å². The Labute approximate surface area is 163 Å². The van der Waals surface area contributed by atoms with Crippen molar-refractivity contribution in [3.63, 3.8) is 0 Å². The van der Waals surface area contributed by atoms with Gasteiger partial charge in [-0.3, -0.25) is 4.79 Å². The van der Waals surface area contributed by atoms with Gasteiger partial charge in [-0.1, -0.05) is 18.5 Å². The highest BCUT2D eigenvalue weighted by molar-refractivity contribution is 6.31. The number of ether oxygens (including phenoxy) is 2. The van der Waals surface area contributed by atoms with Crippen LogP contribution in [-0.4, -0.2) is 54.4 Å². The van der Waals surface area contributed by atoms with Gasteiger partial charge in [0.1, 0.15) is 12.4 Å². The summed E-state index contributed by atoms with van der Waals surface area (Å²) >= 11 is 6.08. The monoisotopic (exact) mass is 396 g/mol. The maximum Gasteiger partial charge on any atom is 0.321 e. The molecule has 0 bridgehead atoms. The number of rotatable bonds is 5. The molecule has 0 spiro atoms. The highest BCUT2D eigenvalue weighted by Crippen LogP contribution is 2.30. The summed E-state index contributed by atoms with van der Waals surface area (Å²) in [4.78, 5) is 25.6. The molecule has 148 valence electrons. The van der Waals surface area contributed by atoms with Gasteiger partial charge in [0.25, 0.3) is 0 Å². The number of anilines is 1. The van der Waals surface area contributed by atoms with Gasteiger partial charge in [0.05, 0.1) is 17.7 Å². The second-order valence-corrected chi connectivity index (χ2v) is 7.73. The van der Waals surface area contributed by atoms with Crippen molar-refractivity contribution in [1.82, 2.24) is 4.90 Å². The first kappa shape index (κ1) is 19.8. The number of carbonyl (C=O) groups is 2. The van der Waals surface area contributed by atoms with Crippen molar-refractivity contribution in [3.8, 4) is 5.75 Å². The normalized spacial score (nSPS) is 25.3.